The third-order valence-corrected chi connectivity index (χ3v) is 7.83. The van der Waals surface area contributed by atoms with Crippen LogP contribution >= 0.6 is 11.3 Å². The van der Waals surface area contributed by atoms with Crippen molar-refractivity contribution in [2.24, 2.45) is 11.8 Å². The minimum Gasteiger partial charge on any atom is -0.368 e. The Hall–Kier alpha value is -2.10. The summed E-state index contributed by atoms with van der Waals surface area (Å²) in [7, 11) is 0. The number of piperazine rings is 1. The second kappa shape index (κ2) is 9.64. The number of imidazole rings is 1. The minimum absolute atomic E-state index is 0.570. The lowest BCUT2D eigenvalue weighted by Crippen LogP contribution is -2.47. The van der Waals surface area contributed by atoms with E-state index in [9.17, 15) is 13.2 Å². The Balaban J connectivity index is 1.03. The van der Waals surface area contributed by atoms with Crippen LogP contribution in [0.3, 0.4) is 0 Å². The fourth-order valence-corrected chi connectivity index (χ4v) is 5.82. The zero-order chi connectivity index (χ0) is 22.8. The van der Waals surface area contributed by atoms with Gasteiger partial charge in [-0.2, -0.15) is 13.2 Å². The number of aryl methyl sites for hydroxylation is 1. The Morgan fingerprint density at radius 3 is 2.73 bits per heavy atom. The van der Waals surface area contributed by atoms with E-state index in [-0.39, 0.29) is 0 Å². The van der Waals surface area contributed by atoms with Gasteiger partial charge in [0.1, 0.15) is 0 Å². The minimum atomic E-state index is -4.29. The summed E-state index contributed by atoms with van der Waals surface area (Å²) < 4.78 is 41.8. The maximum absolute atomic E-state index is 13.0. The van der Waals surface area contributed by atoms with Crippen molar-refractivity contribution in [3.05, 3.63) is 47.9 Å². The van der Waals surface area contributed by atoms with Crippen LogP contribution in [0.5, 0.6) is 0 Å². The number of hydrogen-bond donors (Lipinski definition) is 1. The van der Waals surface area contributed by atoms with Gasteiger partial charge in [-0.25, -0.2) is 4.98 Å². The van der Waals surface area contributed by atoms with Gasteiger partial charge in [-0.15, -0.1) is 11.3 Å². The highest BCUT2D eigenvalue weighted by Gasteiger charge is 2.38. The van der Waals surface area contributed by atoms with Gasteiger partial charge in [-0.05, 0) is 49.9 Å². The third-order valence-electron chi connectivity index (χ3n) is 6.89. The van der Waals surface area contributed by atoms with Gasteiger partial charge in [0, 0.05) is 67.1 Å². The van der Waals surface area contributed by atoms with Crippen molar-refractivity contribution in [3.8, 4) is 0 Å². The van der Waals surface area contributed by atoms with Crippen LogP contribution in [0.2, 0.25) is 0 Å². The first-order valence-corrected chi connectivity index (χ1v) is 12.6. The van der Waals surface area contributed by atoms with E-state index < -0.39 is 11.7 Å². The zero-order valence-electron chi connectivity index (χ0n) is 18.6. The SMILES string of the molecule is FC(F)(F)c1ccc2c(N3CCN(C[C@@H]4CC4CNCCCn4ccnc4)CC3)csc2c1. The molecule has 1 saturated carbocycles. The van der Waals surface area contributed by atoms with Gasteiger partial charge in [-0.3, -0.25) is 4.90 Å². The average Bonchev–Trinajstić information content (AvgIpc) is 3.16. The van der Waals surface area contributed by atoms with Crippen LogP contribution in [0.1, 0.15) is 18.4 Å². The monoisotopic (exact) mass is 477 g/mol. The van der Waals surface area contributed by atoms with E-state index in [1.165, 1.54) is 29.9 Å². The summed E-state index contributed by atoms with van der Waals surface area (Å²) in [5.74, 6) is 1.58. The van der Waals surface area contributed by atoms with Crippen molar-refractivity contribution in [1.29, 1.82) is 0 Å². The van der Waals surface area contributed by atoms with Gasteiger partial charge in [0.25, 0.3) is 0 Å². The average molecular weight is 478 g/mol. The van der Waals surface area contributed by atoms with E-state index in [1.807, 2.05) is 24.1 Å². The number of hydrogen-bond acceptors (Lipinski definition) is 5. The summed E-state index contributed by atoms with van der Waals surface area (Å²) in [4.78, 5) is 8.95. The molecule has 33 heavy (non-hydrogen) atoms. The zero-order valence-corrected chi connectivity index (χ0v) is 19.4. The molecule has 1 aromatic carbocycles. The number of rotatable bonds is 9. The van der Waals surface area contributed by atoms with Crippen LogP contribution in [0.25, 0.3) is 10.1 Å². The molecule has 0 radical (unpaired) electrons. The molecule has 1 aliphatic heterocycles. The predicted molar refractivity (Wildman–Crippen MR) is 127 cm³/mol. The topological polar surface area (TPSA) is 36.3 Å². The lowest BCUT2D eigenvalue weighted by Gasteiger charge is -2.36. The van der Waals surface area contributed by atoms with Crippen molar-refractivity contribution >= 4 is 27.1 Å². The first-order chi connectivity index (χ1) is 16.0. The maximum Gasteiger partial charge on any atom is 0.416 e. The summed E-state index contributed by atoms with van der Waals surface area (Å²) >= 11 is 1.40. The first kappa shape index (κ1) is 22.7. The molecule has 0 amide bonds. The molecule has 1 N–H and O–H groups in total. The second-order valence-electron chi connectivity index (χ2n) is 9.23. The van der Waals surface area contributed by atoms with Crippen molar-refractivity contribution in [1.82, 2.24) is 19.8 Å². The summed E-state index contributed by atoms with van der Waals surface area (Å²) in [5, 5.41) is 6.55. The van der Waals surface area contributed by atoms with Gasteiger partial charge in [0.2, 0.25) is 0 Å². The summed E-state index contributed by atoms with van der Waals surface area (Å²) in [6.45, 7) is 8.20. The highest BCUT2D eigenvalue weighted by Crippen LogP contribution is 2.40. The molecule has 178 valence electrons. The lowest BCUT2D eigenvalue weighted by atomic mass is 10.1. The van der Waals surface area contributed by atoms with E-state index in [4.69, 9.17) is 0 Å². The van der Waals surface area contributed by atoms with E-state index in [0.29, 0.717) is 4.70 Å². The lowest BCUT2D eigenvalue weighted by molar-refractivity contribution is -0.137. The largest absolute Gasteiger partial charge is 0.416 e. The molecule has 1 aliphatic carbocycles. The van der Waals surface area contributed by atoms with Gasteiger partial charge in [0.15, 0.2) is 0 Å². The third kappa shape index (κ3) is 5.53. The van der Waals surface area contributed by atoms with Crippen LogP contribution in [0.15, 0.2) is 42.3 Å². The van der Waals surface area contributed by atoms with Crippen LogP contribution in [-0.2, 0) is 12.7 Å². The van der Waals surface area contributed by atoms with Crippen LogP contribution in [0.4, 0.5) is 18.9 Å². The van der Waals surface area contributed by atoms with E-state index in [2.05, 4.69) is 24.7 Å². The molecular formula is C24H30F3N5S. The molecule has 9 heteroatoms. The van der Waals surface area contributed by atoms with Gasteiger partial charge < -0.3 is 14.8 Å². The van der Waals surface area contributed by atoms with E-state index in [1.54, 1.807) is 6.07 Å². The highest BCUT2D eigenvalue weighted by atomic mass is 32.1. The van der Waals surface area contributed by atoms with Crippen LogP contribution < -0.4 is 10.2 Å². The Kier molecular flexibility index (Phi) is 6.62. The Labute approximate surface area is 196 Å². The molecule has 2 fully saturated rings. The normalized spacial score (nSPS) is 21.7. The quantitative estimate of drug-likeness (QED) is 0.459. The molecule has 3 aromatic rings. The smallest absolute Gasteiger partial charge is 0.368 e. The fourth-order valence-electron chi connectivity index (χ4n) is 4.82. The number of alkyl halides is 3. The first-order valence-electron chi connectivity index (χ1n) is 11.7. The van der Waals surface area contributed by atoms with Crippen molar-refractivity contribution in [2.75, 3.05) is 50.7 Å². The van der Waals surface area contributed by atoms with Crippen molar-refractivity contribution < 1.29 is 13.2 Å². The highest BCUT2D eigenvalue weighted by molar-refractivity contribution is 7.17. The number of benzene rings is 1. The Bertz CT molecular complexity index is 1040. The Morgan fingerprint density at radius 1 is 1.12 bits per heavy atom. The molecule has 3 heterocycles. The number of fused-ring (bicyclic) bond motifs is 1. The van der Waals surface area contributed by atoms with Gasteiger partial charge >= 0.3 is 6.18 Å². The number of anilines is 1. The molecule has 2 atom stereocenters. The number of halogens is 3. The summed E-state index contributed by atoms with van der Waals surface area (Å²) in [6, 6.07) is 4.11. The predicted octanol–water partition coefficient (Wildman–Crippen LogP) is 4.55. The van der Waals surface area contributed by atoms with E-state index in [0.717, 1.165) is 81.7 Å². The molecule has 1 unspecified atom stereocenters. The molecule has 5 nitrogen and oxygen atoms in total. The number of aromatic nitrogens is 2. The van der Waals surface area contributed by atoms with Crippen molar-refractivity contribution in [3.63, 3.8) is 0 Å². The summed E-state index contributed by atoms with van der Waals surface area (Å²) in [6.07, 6.45) is 3.82. The van der Waals surface area contributed by atoms with Crippen molar-refractivity contribution in [2.45, 2.75) is 25.6 Å². The summed E-state index contributed by atoms with van der Waals surface area (Å²) in [5.41, 5.74) is 0.507. The molecule has 0 spiro atoms. The van der Waals surface area contributed by atoms with Gasteiger partial charge in [-0.1, -0.05) is 6.07 Å². The second-order valence-corrected chi connectivity index (χ2v) is 10.1. The molecule has 1 saturated heterocycles. The fraction of sp³-hybridized carbons (Fsp3) is 0.542. The maximum atomic E-state index is 13.0. The standard InChI is InChI=1S/C24H30F3N5S/c25-24(26,27)20-2-3-21-22(16-33-23(21)13-20)32-10-8-30(9-11-32)15-19-12-18(19)14-28-4-1-6-31-7-5-29-17-31/h2-3,5,7,13,16-19,28H,1,4,6,8-12,14-15H2/t18?,19-/m0/s1. The molecule has 5 rings (SSSR count). The van der Waals surface area contributed by atoms with Gasteiger partial charge in [0.05, 0.1) is 17.6 Å². The number of thiophene rings is 1. The molecule has 2 aliphatic rings. The van der Waals surface area contributed by atoms with Crippen LogP contribution in [0, 0.1) is 11.8 Å². The Morgan fingerprint density at radius 2 is 1.97 bits per heavy atom. The molecule has 2 aromatic heterocycles. The number of nitrogens with zero attached hydrogens (tertiary/aromatic N) is 4. The van der Waals surface area contributed by atoms with E-state index >= 15 is 0 Å². The number of nitrogens with one attached hydrogen (secondary N) is 1. The molecular weight excluding hydrogens is 447 g/mol. The molecule has 0 bridgehead atoms. The van der Waals surface area contributed by atoms with Crippen LogP contribution in [-0.4, -0.2) is 60.3 Å².